The van der Waals surface area contributed by atoms with Crippen molar-refractivity contribution in [3.8, 4) is 0 Å². The van der Waals surface area contributed by atoms with Gasteiger partial charge < -0.3 is 25.6 Å². The Hall–Kier alpha value is -3.22. The van der Waals surface area contributed by atoms with E-state index in [-0.39, 0.29) is 18.0 Å². The number of anilines is 4. The van der Waals surface area contributed by atoms with Crippen LogP contribution in [0.3, 0.4) is 0 Å². The van der Waals surface area contributed by atoms with Crippen molar-refractivity contribution < 1.29 is 22.7 Å². The molecule has 35 heavy (non-hydrogen) atoms. The van der Waals surface area contributed by atoms with Crippen LogP contribution in [-0.4, -0.2) is 63.7 Å². The average Bonchev–Trinajstić information content (AvgIpc) is 2.74. The number of halogens is 3. The van der Waals surface area contributed by atoms with E-state index in [1.165, 1.54) is 0 Å². The van der Waals surface area contributed by atoms with Crippen molar-refractivity contribution in [2.45, 2.75) is 68.9 Å². The predicted octanol–water partition coefficient (Wildman–Crippen LogP) is 2.97. The number of fused-ring (bicyclic) bond motifs is 1. The molecule has 0 spiro atoms. The molecule has 0 bridgehead atoms. The molecule has 2 fully saturated rings. The van der Waals surface area contributed by atoms with Crippen molar-refractivity contribution in [2.24, 2.45) is 0 Å². The van der Waals surface area contributed by atoms with E-state index in [2.05, 4.69) is 30.9 Å². The zero-order valence-corrected chi connectivity index (χ0v) is 19.6. The summed E-state index contributed by atoms with van der Waals surface area (Å²) in [4.78, 5) is 31.2. The summed E-state index contributed by atoms with van der Waals surface area (Å²) in [5.74, 6) is 1.28. The van der Waals surface area contributed by atoms with Crippen LogP contribution in [0.1, 0.15) is 43.5 Å². The van der Waals surface area contributed by atoms with E-state index < -0.39 is 23.5 Å². The minimum absolute atomic E-state index is 0.0452. The van der Waals surface area contributed by atoms with Crippen molar-refractivity contribution >= 4 is 29.2 Å². The third kappa shape index (κ3) is 4.21. The summed E-state index contributed by atoms with van der Waals surface area (Å²) in [7, 11) is 3.50. The molecule has 0 saturated heterocycles. The number of rotatable bonds is 6. The number of likely N-dealkylation sites (N-methyl/N-ethyl adjacent to an activating group) is 1. The monoisotopic (exact) mass is 492 g/mol. The fourth-order valence-electron chi connectivity index (χ4n) is 5.01. The fourth-order valence-corrected chi connectivity index (χ4v) is 5.01. The largest absolute Gasteiger partial charge is 0.434 e. The van der Waals surface area contributed by atoms with E-state index in [4.69, 9.17) is 9.72 Å². The lowest BCUT2D eigenvalue weighted by molar-refractivity contribution is -0.141. The Morgan fingerprint density at radius 1 is 1.14 bits per heavy atom. The van der Waals surface area contributed by atoms with Gasteiger partial charge in [-0.05, 0) is 39.0 Å². The van der Waals surface area contributed by atoms with Crippen molar-refractivity contribution in [1.82, 2.24) is 19.9 Å². The maximum Gasteiger partial charge on any atom is 0.434 e. The third-order valence-corrected chi connectivity index (χ3v) is 7.16. The molecular formula is C22H27F3N8O2. The summed E-state index contributed by atoms with van der Waals surface area (Å²) >= 11 is 0. The van der Waals surface area contributed by atoms with Gasteiger partial charge in [0.15, 0.2) is 11.5 Å². The van der Waals surface area contributed by atoms with Crippen molar-refractivity contribution in [1.29, 1.82) is 0 Å². The number of hydrogen-bond acceptors (Lipinski definition) is 9. The number of ether oxygens (including phenoxy) is 1. The molecule has 1 unspecified atom stereocenters. The number of amides is 1. The van der Waals surface area contributed by atoms with Gasteiger partial charge in [-0.3, -0.25) is 4.79 Å². The van der Waals surface area contributed by atoms with Gasteiger partial charge in [0.05, 0.1) is 23.7 Å². The first-order valence-corrected chi connectivity index (χ1v) is 11.5. The number of methoxy groups -OCH3 is 1. The molecule has 3 aliphatic rings. The first kappa shape index (κ1) is 23.5. The van der Waals surface area contributed by atoms with Crippen LogP contribution in [0.5, 0.6) is 0 Å². The van der Waals surface area contributed by atoms with Crippen LogP contribution < -0.4 is 20.9 Å². The van der Waals surface area contributed by atoms with Gasteiger partial charge in [0.2, 0.25) is 11.9 Å². The SMILES string of the molecule is COC1(C2C(=O)Nc3c(C)nc(NC4CC(Nc5cnc(C(F)(F)F)cn5)C4)nc3N2C)CCC1. The van der Waals surface area contributed by atoms with Gasteiger partial charge in [-0.1, -0.05) is 0 Å². The summed E-state index contributed by atoms with van der Waals surface area (Å²) in [5.41, 5.74) is -0.283. The molecule has 0 aromatic carbocycles. The molecule has 0 radical (unpaired) electrons. The van der Waals surface area contributed by atoms with Crippen LogP contribution in [0.15, 0.2) is 12.4 Å². The summed E-state index contributed by atoms with van der Waals surface area (Å²) in [6.07, 6.45) is 1.38. The highest BCUT2D eigenvalue weighted by atomic mass is 19.4. The van der Waals surface area contributed by atoms with Crippen molar-refractivity contribution in [2.75, 3.05) is 35.0 Å². The highest BCUT2D eigenvalue weighted by Crippen LogP contribution is 2.44. The molecule has 1 atom stereocenters. The van der Waals surface area contributed by atoms with Gasteiger partial charge in [-0.2, -0.15) is 18.2 Å². The van der Waals surface area contributed by atoms with Crippen molar-refractivity contribution in [3.63, 3.8) is 0 Å². The molecule has 10 nitrogen and oxygen atoms in total. The number of aromatic nitrogens is 4. The van der Waals surface area contributed by atoms with Gasteiger partial charge in [0, 0.05) is 26.2 Å². The summed E-state index contributed by atoms with van der Waals surface area (Å²) in [6, 6.07) is -0.342. The third-order valence-electron chi connectivity index (χ3n) is 7.16. The first-order chi connectivity index (χ1) is 16.6. The first-order valence-electron chi connectivity index (χ1n) is 11.5. The van der Waals surface area contributed by atoms with E-state index in [1.807, 2.05) is 18.9 Å². The maximum absolute atomic E-state index is 12.9. The second-order valence-corrected chi connectivity index (χ2v) is 9.39. The Morgan fingerprint density at radius 3 is 2.43 bits per heavy atom. The zero-order valence-electron chi connectivity index (χ0n) is 19.6. The second kappa shape index (κ2) is 8.47. The van der Waals surface area contributed by atoms with Crippen LogP contribution in [0.4, 0.5) is 36.4 Å². The number of aryl methyl sites for hydroxylation is 1. The Kier molecular flexibility index (Phi) is 5.69. The van der Waals surface area contributed by atoms with E-state index in [0.717, 1.165) is 31.7 Å². The van der Waals surface area contributed by atoms with Crippen LogP contribution in [-0.2, 0) is 15.7 Å². The Morgan fingerprint density at radius 2 is 1.86 bits per heavy atom. The Bertz CT molecular complexity index is 1110. The summed E-state index contributed by atoms with van der Waals surface area (Å²) < 4.78 is 43.7. The Labute approximate surface area is 200 Å². The number of carbonyl (C=O) groups is 1. The molecule has 188 valence electrons. The molecule has 2 aromatic rings. The van der Waals surface area contributed by atoms with E-state index in [0.29, 0.717) is 41.8 Å². The number of carbonyl (C=O) groups excluding carboxylic acids is 1. The summed E-state index contributed by atoms with van der Waals surface area (Å²) in [5, 5.41) is 9.39. The van der Waals surface area contributed by atoms with Gasteiger partial charge >= 0.3 is 6.18 Å². The van der Waals surface area contributed by atoms with Gasteiger partial charge in [-0.25, -0.2) is 15.0 Å². The minimum atomic E-state index is -4.51. The highest BCUT2D eigenvalue weighted by Gasteiger charge is 2.52. The lowest BCUT2D eigenvalue weighted by atomic mass is 9.73. The van der Waals surface area contributed by atoms with Gasteiger partial charge in [0.1, 0.15) is 17.5 Å². The minimum Gasteiger partial charge on any atom is -0.376 e. The van der Waals surface area contributed by atoms with Crippen LogP contribution in [0, 0.1) is 6.92 Å². The van der Waals surface area contributed by atoms with E-state index >= 15 is 0 Å². The smallest absolute Gasteiger partial charge is 0.376 e. The van der Waals surface area contributed by atoms with E-state index in [1.54, 1.807) is 7.11 Å². The number of alkyl halides is 3. The number of hydrogen-bond donors (Lipinski definition) is 3. The molecule has 5 rings (SSSR count). The predicted molar refractivity (Wildman–Crippen MR) is 122 cm³/mol. The topological polar surface area (TPSA) is 117 Å². The molecule has 1 amide bonds. The van der Waals surface area contributed by atoms with Crippen molar-refractivity contribution in [3.05, 3.63) is 23.8 Å². The molecule has 2 aliphatic carbocycles. The molecule has 3 heterocycles. The standard InChI is InChI=1S/C22H27F3N8O2/c1-11-16-18(33(2)17(19(34)31-16)21(35-3)5-4-6-21)32-20(28-11)30-13-7-12(8-13)29-15-10-26-14(9-27-15)22(23,24)25/h9-10,12-13,17H,4-8H2,1-3H3,(H,27,29)(H,31,34)(H,28,30,32). The Balaban J connectivity index is 1.23. The van der Waals surface area contributed by atoms with Crippen LogP contribution in [0.25, 0.3) is 0 Å². The number of nitrogens with zero attached hydrogens (tertiary/aromatic N) is 5. The maximum atomic E-state index is 12.9. The van der Waals surface area contributed by atoms with E-state index in [9.17, 15) is 18.0 Å². The highest BCUT2D eigenvalue weighted by molar-refractivity contribution is 6.04. The molecular weight excluding hydrogens is 465 g/mol. The fraction of sp³-hybridized carbons (Fsp3) is 0.591. The van der Waals surface area contributed by atoms with Gasteiger partial charge in [-0.15, -0.1) is 0 Å². The second-order valence-electron chi connectivity index (χ2n) is 9.39. The van der Waals surface area contributed by atoms with Crippen LogP contribution in [0.2, 0.25) is 0 Å². The molecule has 2 aromatic heterocycles. The summed E-state index contributed by atoms with van der Waals surface area (Å²) in [6.45, 7) is 1.82. The quantitative estimate of drug-likeness (QED) is 0.559. The van der Waals surface area contributed by atoms with Gasteiger partial charge in [0.25, 0.3) is 0 Å². The molecule has 3 N–H and O–H groups in total. The average molecular weight is 493 g/mol. The normalized spacial score (nSPS) is 25.1. The molecule has 1 aliphatic heterocycles. The molecule has 2 saturated carbocycles. The van der Waals surface area contributed by atoms with Crippen LogP contribution >= 0.6 is 0 Å². The molecule has 13 heteroatoms. The lowest BCUT2D eigenvalue weighted by Gasteiger charge is -2.50. The number of nitrogens with one attached hydrogen (secondary N) is 3. The lowest BCUT2D eigenvalue weighted by Crippen LogP contribution is -2.64. The zero-order chi connectivity index (χ0) is 25.0.